The molecular weight excluding hydrogens is 404 g/mol. The molecule has 0 bridgehead atoms. The topological polar surface area (TPSA) is 88.7 Å². The first kappa shape index (κ1) is 19.9. The maximum atomic E-state index is 13.0. The number of nitrogens with zero attached hydrogens (tertiary/aromatic N) is 2. The predicted octanol–water partition coefficient (Wildman–Crippen LogP) is 3.82. The van der Waals surface area contributed by atoms with Gasteiger partial charge in [0.1, 0.15) is 11.3 Å². The van der Waals surface area contributed by atoms with Crippen molar-refractivity contribution in [3.63, 3.8) is 0 Å². The van der Waals surface area contributed by atoms with Gasteiger partial charge in [-0.3, -0.25) is 19.4 Å². The molecule has 0 aliphatic heterocycles. The van der Waals surface area contributed by atoms with E-state index in [1.54, 1.807) is 80.7 Å². The molecule has 5 rings (SSSR count). The maximum Gasteiger partial charge on any atom is 0.263 e. The van der Waals surface area contributed by atoms with E-state index in [4.69, 9.17) is 0 Å². The number of aromatic nitrogens is 1. The Balaban J connectivity index is 1.59. The van der Waals surface area contributed by atoms with Gasteiger partial charge in [0.15, 0.2) is 11.6 Å². The van der Waals surface area contributed by atoms with Gasteiger partial charge in [-0.1, -0.05) is 42.5 Å². The fourth-order valence-electron chi connectivity index (χ4n) is 4.56. The Bertz CT molecular complexity index is 1470. The highest BCUT2D eigenvalue weighted by atomic mass is 16.3. The molecule has 1 heterocycles. The summed E-state index contributed by atoms with van der Waals surface area (Å²) in [5.41, 5.74) is 2.04. The van der Waals surface area contributed by atoms with Crippen molar-refractivity contribution >= 4 is 28.2 Å². The van der Waals surface area contributed by atoms with E-state index in [0.29, 0.717) is 33.4 Å². The molecule has 0 radical (unpaired) electrons. The van der Waals surface area contributed by atoms with E-state index in [1.165, 1.54) is 4.57 Å². The van der Waals surface area contributed by atoms with Crippen LogP contribution in [0.15, 0.2) is 82.2 Å². The minimum absolute atomic E-state index is 0.0847. The Morgan fingerprint density at radius 2 is 1.56 bits per heavy atom. The van der Waals surface area contributed by atoms with Crippen LogP contribution in [-0.4, -0.2) is 27.0 Å². The van der Waals surface area contributed by atoms with Crippen LogP contribution in [0.2, 0.25) is 0 Å². The number of rotatable bonds is 2. The molecule has 32 heavy (non-hydrogen) atoms. The van der Waals surface area contributed by atoms with Crippen LogP contribution in [0.3, 0.4) is 0 Å². The fraction of sp³-hybridized carbons (Fsp3) is 0.154. The number of allylic oxidation sites excluding steroid dienone is 3. The zero-order chi connectivity index (χ0) is 22.6. The van der Waals surface area contributed by atoms with Gasteiger partial charge in [0.05, 0.1) is 28.8 Å². The van der Waals surface area contributed by atoms with E-state index in [-0.39, 0.29) is 28.4 Å². The highest BCUT2D eigenvalue weighted by molar-refractivity contribution is 6.17. The van der Waals surface area contributed by atoms with E-state index in [0.717, 1.165) is 0 Å². The quantitative estimate of drug-likeness (QED) is 0.634. The standard InChI is InChI=1S/C26H20N2O4/c1-14(22-25(31)19-9-5-6-10-21(19)28(2)26(22)32)27-15-11-12-18-20(13-15)24(30)17-8-4-3-7-16(17)23(18)29/h3-13,18,20,31H,1-2H3. The van der Waals surface area contributed by atoms with Crippen LogP contribution in [0.4, 0.5) is 0 Å². The average molecular weight is 424 g/mol. The number of aryl methyl sites for hydroxylation is 1. The number of carbonyl (C=O) groups is 2. The number of Topliss-reactive ketones (excluding diaryl/α,β-unsaturated/α-hetero) is 2. The van der Waals surface area contributed by atoms with Crippen LogP contribution in [0.1, 0.15) is 33.2 Å². The van der Waals surface area contributed by atoms with Crippen molar-refractivity contribution < 1.29 is 14.7 Å². The zero-order valence-corrected chi connectivity index (χ0v) is 17.6. The van der Waals surface area contributed by atoms with Crippen molar-refractivity contribution in [3.05, 3.63) is 99.5 Å². The maximum absolute atomic E-state index is 13.0. The summed E-state index contributed by atoms with van der Waals surface area (Å²) in [6.45, 7) is 1.65. The number of pyridine rings is 1. The van der Waals surface area contributed by atoms with Crippen LogP contribution in [0.5, 0.6) is 5.75 Å². The summed E-state index contributed by atoms with van der Waals surface area (Å²) in [4.78, 5) is 43.3. The van der Waals surface area contributed by atoms with Crippen LogP contribution in [0, 0.1) is 11.8 Å². The van der Waals surface area contributed by atoms with Crippen molar-refractivity contribution in [2.75, 3.05) is 0 Å². The molecule has 2 aliphatic carbocycles. The Labute approximate surface area is 183 Å². The van der Waals surface area contributed by atoms with Crippen molar-refractivity contribution in [1.29, 1.82) is 0 Å². The van der Waals surface area contributed by atoms with Crippen LogP contribution in [-0.2, 0) is 7.05 Å². The lowest BCUT2D eigenvalue weighted by Crippen LogP contribution is -2.35. The third-order valence-electron chi connectivity index (χ3n) is 6.21. The van der Waals surface area contributed by atoms with Gasteiger partial charge in [-0.05, 0) is 31.2 Å². The summed E-state index contributed by atoms with van der Waals surface area (Å²) < 4.78 is 1.48. The molecule has 0 amide bonds. The molecule has 6 nitrogen and oxygen atoms in total. The lowest BCUT2D eigenvalue weighted by molar-refractivity contribution is 0.0801. The minimum atomic E-state index is -0.637. The lowest BCUT2D eigenvalue weighted by atomic mass is 9.72. The molecule has 2 atom stereocenters. The van der Waals surface area contributed by atoms with E-state index in [1.807, 2.05) is 0 Å². The lowest BCUT2D eigenvalue weighted by Gasteiger charge is -2.29. The molecule has 0 saturated heterocycles. The first-order chi connectivity index (χ1) is 15.4. The molecule has 2 unspecified atom stereocenters. The summed E-state index contributed by atoms with van der Waals surface area (Å²) in [7, 11) is 1.65. The Hall–Kier alpha value is -4.06. The van der Waals surface area contributed by atoms with E-state index < -0.39 is 11.8 Å². The molecule has 1 aromatic heterocycles. The molecule has 0 spiro atoms. The van der Waals surface area contributed by atoms with Crippen LogP contribution >= 0.6 is 0 Å². The second-order valence-electron chi connectivity index (χ2n) is 8.08. The molecule has 2 aromatic carbocycles. The van der Waals surface area contributed by atoms with Gasteiger partial charge in [-0.25, -0.2) is 0 Å². The summed E-state index contributed by atoms with van der Waals surface area (Å²) >= 11 is 0. The second-order valence-corrected chi connectivity index (χ2v) is 8.08. The van der Waals surface area contributed by atoms with Gasteiger partial charge >= 0.3 is 0 Å². The van der Waals surface area contributed by atoms with Crippen molar-refractivity contribution in [2.45, 2.75) is 6.92 Å². The molecule has 1 N–H and O–H groups in total. The number of carbonyl (C=O) groups excluding carboxylic acids is 2. The highest BCUT2D eigenvalue weighted by Crippen LogP contribution is 2.36. The van der Waals surface area contributed by atoms with Crippen LogP contribution in [0.25, 0.3) is 10.9 Å². The first-order valence-corrected chi connectivity index (χ1v) is 10.3. The zero-order valence-electron chi connectivity index (χ0n) is 17.6. The molecule has 158 valence electrons. The fourth-order valence-corrected chi connectivity index (χ4v) is 4.56. The summed E-state index contributed by atoms with van der Waals surface area (Å²) in [6, 6.07) is 14.0. The summed E-state index contributed by atoms with van der Waals surface area (Å²) in [5, 5.41) is 11.4. The van der Waals surface area contributed by atoms with E-state index in [9.17, 15) is 19.5 Å². The van der Waals surface area contributed by atoms with Crippen LogP contribution < -0.4 is 5.56 Å². The molecular formula is C26H20N2O4. The smallest absolute Gasteiger partial charge is 0.263 e. The van der Waals surface area contributed by atoms with Gasteiger partial charge in [0, 0.05) is 23.6 Å². The minimum Gasteiger partial charge on any atom is -0.506 e. The number of ketones is 2. The normalized spacial score (nSPS) is 20.2. The van der Waals surface area contributed by atoms with E-state index in [2.05, 4.69) is 4.99 Å². The third-order valence-corrected chi connectivity index (χ3v) is 6.21. The van der Waals surface area contributed by atoms with Crippen molar-refractivity contribution in [3.8, 4) is 5.75 Å². The number of benzene rings is 2. The Morgan fingerprint density at radius 1 is 0.938 bits per heavy atom. The van der Waals surface area contributed by atoms with Crippen molar-refractivity contribution in [2.24, 2.45) is 23.9 Å². The van der Waals surface area contributed by atoms with Gasteiger partial charge in [-0.2, -0.15) is 0 Å². The predicted molar refractivity (Wildman–Crippen MR) is 122 cm³/mol. The van der Waals surface area contributed by atoms with Gasteiger partial charge < -0.3 is 9.67 Å². The number of hydrogen-bond donors (Lipinski definition) is 1. The molecule has 2 aliphatic rings. The Morgan fingerprint density at radius 3 is 2.28 bits per heavy atom. The molecule has 6 heteroatoms. The number of aliphatic imine (C=N–C) groups is 1. The highest BCUT2D eigenvalue weighted by Gasteiger charge is 2.40. The van der Waals surface area contributed by atoms with Crippen molar-refractivity contribution in [1.82, 2.24) is 4.57 Å². The molecule has 3 aromatic rings. The summed E-state index contributed by atoms with van der Waals surface area (Å²) in [5.74, 6) is -1.52. The van der Waals surface area contributed by atoms with Gasteiger partial charge in [0.2, 0.25) is 0 Å². The third kappa shape index (κ3) is 2.87. The van der Waals surface area contributed by atoms with E-state index >= 15 is 0 Å². The van der Waals surface area contributed by atoms with Gasteiger partial charge in [-0.15, -0.1) is 0 Å². The number of fused-ring (bicyclic) bond motifs is 3. The number of hydrogen-bond acceptors (Lipinski definition) is 5. The average Bonchev–Trinajstić information content (AvgIpc) is 2.81. The Kier molecular flexibility index (Phi) is 4.51. The summed E-state index contributed by atoms with van der Waals surface area (Å²) in [6.07, 6.45) is 5.06. The van der Waals surface area contributed by atoms with Gasteiger partial charge in [0.25, 0.3) is 5.56 Å². The first-order valence-electron chi connectivity index (χ1n) is 10.3. The number of aromatic hydroxyl groups is 1. The SMILES string of the molecule is CC(=NC1=CC2C(=O)c3ccccc3C(=O)C2C=C1)c1c(O)c2ccccc2n(C)c1=O. The largest absolute Gasteiger partial charge is 0.506 e. The number of para-hydroxylation sites is 1. The molecule has 0 saturated carbocycles. The molecule has 0 fully saturated rings. The second kappa shape index (κ2) is 7.27. The monoisotopic (exact) mass is 424 g/mol.